The molecule has 0 aliphatic rings. The molecule has 0 spiro atoms. The third kappa shape index (κ3) is 16.2. The summed E-state index contributed by atoms with van der Waals surface area (Å²) in [5.74, 6) is -1.38. The molecule has 3 aromatic rings. The van der Waals surface area contributed by atoms with Crippen LogP contribution in [-0.4, -0.2) is 63.9 Å². The second-order valence-electron chi connectivity index (χ2n) is 10.3. The number of aliphatic hydroxyl groups excluding tert-OH is 1. The van der Waals surface area contributed by atoms with Crippen LogP contribution in [0.15, 0.2) is 66.9 Å². The number of rotatable bonds is 13. The van der Waals surface area contributed by atoms with Crippen LogP contribution < -0.4 is 34.9 Å². The van der Waals surface area contributed by atoms with Gasteiger partial charge in [-0.05, 0) is 31.4 Å². The molecule has 0 saturated carbocycles. The van der Waals surface area contributed by atoms with Gasteiger partial charge in [0.2, 0.25) is 0 Å². The van der Waals surface area contributed by atoms with Gasteiger partial charge in [-0.3, -0.25) is 24.3 Å². The first kappa shape index (κ1) is 39.0. The van der Waals surface area contributed by atoms with E-state index in [4.69, 9.17) is 11.6 Å². The van der Waals surface area contributed by atoms with Crippen molar-refractivity contribution in [2.24, 2.45) is 0 Å². The van der Waals surface area contributed by atoms with Crippen molar-refractivity contribution in [2.75, 3.05) is 18.5 Å². The number of anilines is 1. The third-order valence-electron chi connectivity index (χ3n) is 5.76. The van der Waals surface area contributed by atoms with Crippen LogP contribution in [0.3, 0.4) is 0 Å². The number of nitrogens with zero attached hydrogens (tertiary/aromatic N) is 3. The van der Waals surface area contributed by atoms with E-state index < -0.39 is 25.2 Å². The molecular weight excluding hydrogens is 598 g/mol. The minimum atomic E-state index is -2.41. The van der Waals surface area contributed by atoms with Crippen LogP contribution in [0.4, 0.5) is 5.82 Å². The zero-order valence-corrected chi connectivity index (χ0v) is 29.0. The average molecular weight is 637 g/mol. The Morgan fingerprint density at radius 1 is 0.886 bits per heavy atom. The number of carbonyl (C=O) groups is 3. The smallest absolute Gasteiger partial charge is 0.625 e. The quantitative estimate of drug-likeness (QED) is 0.259. The molecule has 1 aromatic heterocycles. The second kappa shape index (κ2) is 20.1. The van der Waals surface area contributed by atoms with Gasteiger partial charge in [0.15, 0.2) is 5.15 Å². The maximum absolute atomic E-state index is 10.4. The monoisotopic (exact) mass is 636 g/mol. The number of hydrogen-bond acceptors (Lipinski definition) is 11. The van der Waals surface area contributed by atoms with Crippen molar-refractivity contribution in [3.63, 3.8) is 0 Å². The molecule has 44 heavy (non-hydrogen) atoms. The van der Waals surface area contributed by atoms with Gasteiger partial charge in [-0.2, -0.15) is 0 Å². The Morgan fingerprint density at radius 2 is 1.39 bits per heavy atom. The van der Waals surface area contributed by atoms with E-state index in [0.717, 1.165) is 27.2 Å². The fourth-order valence-electron chi connectivity index (χ4n) is 4.05. The van der Waals surface area contributed by atoms with Crippen LogP contribution in [0.1, 0.15) is 51.4 Å². The topological polar surface area (TPSA) is 140 Å². The molecule has 0 aliphatic heterocycles. The van der Waals surface area contributed by atoms with Crippen LogP contribution >= 0.6 is 11.6 Å². The molecule has 0 unspecified atom stereocenters. The van der Waals surface area contributed by atoms with Crippen LogP contribution in [-0.2, 0) is 47.9 Å². The van der Waals surface area contributed by atoms with Gasteiger partial charge in [0.1, 0.15) is 5.82 Å². The second-order valence-corrected chi connectivity index (χ2v) is 10.7. The molecule has 0 saturated heterocycles. The molecule has 2 N–H and O–H groups in total. The van der Waals surface area contributed by atoms with Crippen LogP contribution in [0.25, 0.3) is 0 Å². The Labute approximate surface area is 286 Å². The minimum Gasteiger partial charge on any atom is -0.625 e. The maximum atomic E-state index is 10.4. The van der Waals surface area contributed by atoms with Crippen molar-refractivity contribution < 1.29 is 63.0 Å². The van der Waals surface area contributed by atoms with Crippen LogP contribution in [0.5, 0.6) is 0 Å². The number of hydrogen-bond donors (Lipinski definition) is 2. The number of aliphatic hydroxyl groups is 1. The van der Waals surface area contributed by atoms with E-state index in [1.54, 1.807) is 6.20 Å². The normalized spacial score (nSPS) is 10.7. The molecule has 11 nitrogen and oxygen atoms in total. The van der Waals surface area contributed by atoms with Crippen LogP contribution in [0.2, 0.25) is 5.15 Å². The van der Waals surface area contributed by atoms with E-state index in [0.29, 0.717) is 36.3 Å². The number of aromatic nitrogens is 2. The van der Waals surface area contributed by atoms with Gasteiger partial charge >= 0.3 is 36.9 Å². The predicted octanol–water partition coefficient (Wildman–Crippen LogP) is 0.955. The zero-order valence-electron chi connectivity index (χ0n) is 26.2. The summed E-state index contributed by atoms with van der Waals surface area (Å²) >= 11 is 6.46. The number of halogens is 1. The molecule has 2 aromatic carbocycles. The molecule has 0 radical (unpaired) electrons. The summed E-state index contributed by atoms with van der Waals surface area (Å²) in [7, 11) is -2.41. The van der Waals surface area contributed by atoms with Crippen molar-refractivity contribution in [1.29, 1.82) is 0 Å². The standard InChI is InChI=1S/C24H29ClN4O.C6H10BO6.Na/c1-24(2,15-19-9-5-3-6-10-19)28-22-16-26-21(23(25)27-22)18-29(13-14-30)17-20-11-7-4-8-12-20;1-4(8)11-7(12-5(2)9)13-6(3)10;/h3-12,16,30H,13-15,17-18H2,1-2H3,(H,27,28);7H,1-3H3;/q;-1;+1. The predicted molar refractivity (Wildman–Crippen MR) is 165 cm³/mol. The molecule has 0 bridgehead atoms. The largest absolute Gasteiger partial charge is 1.00 e. The van der Waals surface area contributed by atoms with Gasteiger partial charge in [0.25, 0.3) is 17.9 Å². The van der Waals surface area contributed by atoms with E-state index in [1.165, 1.54) is 11.1 Å². The SMILES string of the molecule is CC(=O)O[BH-](OC(C)=O)OC(C)=O.CC(C)(Cc1ccccc1)Nc1cnc(CN(CCO)Cc2ccccc2)c(Cl)n1.[Na+]. The summed E-state index contributed by atoms with van der Waals surface area (Å²) in [4.78, 5) is 42.5. The summed E-state index contributed by atoms with van der Waals surface area (Å²) < 4.78 is 13.3. The number of nitrogens with one attached hydrogen (secondary N) is 1. The van der Waals surface area contributed by atoms with Gasteiger partial charge in [0.05, 0.1) is 18.5 Å². The zero-order chi connectivity index (χ0) is 31.8. The molecule has 14 heteroatoms. The van der Waals surface area contributed by atoms with E-state index in [1.807, 2.05) is 36.4 Å². The molecule has 0 atom stereocenters. The van der Waals surface area contributed by atoms with Gasteiger partial charge in [-0.15, -0.1) is 0 Å². The van der Waals surface area contributed by atoms with Crippen LogP contribution in [0, 0.1) is 0 Å². The summed E-state index contributed by atoms with van der Waals surface area (Å²) in [5.41, 5.74) is 2.94. The molecule has 0 amide bonds. The van der Waals surface area contributed by atoms with E-state index in [-0.39, 0.29) is 41.7 Å². The molecular formula is C30H39BClN4NaO7. The first-order chi connectivity index (χ1) is 20.4. The van der Waals surface area contributed by atoms with Gasteiger partial charge < -0.3 is 24.4 Å². The Hall–Kier alpha value is -3.00. The number of carbonyl (C=O) groups excluding carboxylic acids is 3. The summed E-state index contributed by atoms with van der Waals surface area (Å²) in [6.45, 7) is 9.46. The van der Waals surface area contributed by atoms with Gasteiger partial charge in [-0.25, -0.2) is 4.98 Å². The maximum Gasteiger partial charge on any atom is 1.00 e. The molecule has 232 valence electrons. The van der Waals surface area contributed by atoms with E-state index in [2.05, 4.69) is 72.3 Å². The van der Waals surface area contributed by atoms with Gasteiger partial charge in [0, 0.05) is 45.9 Å². The molecule has 3 rings (SSSR count). The van der Waals surface area contributed by atoms with Crippen molar-refractivity contribution in [1.82, 2.24) is 14.9 Å². The van der Waals surface area contributed by atoms with Crippen molar-refractivity contribution >= 4 is 42.6 Å². The summed E-state index contributed by atoms with van der Waals surface area (Å²) in [6, 6.07) is 20.5. The fourth-order valence-corrected chi connectivity index (χ4v) is 4.25. The first-order valence-electron chi connectivity index (χ1n) is 13.7. The van der Waals surface area contributed by atoms with E-state index >= 15 is 0 Å². The Morgan fingerprint density at radius 3 is 1.84 bits per heavy atom. The molecule has 0 fully saturated rings. The Bertz CT molecular complexity index is 1290. The van der Waals surface area contributed by atoms with Crippen molar-refractivity contribution in [3.8, 4) is 0 Å². The van der Waals surface area contributed by atoms with Gasteiger partial charge in [-0.1, -0.05) is 72.3 Å². The fraction of sp³-hybridized carbons (Fsp3) is 0.367. The van der Waals surface area contributed by atoms with E-state index in [9.17, 15) is 19.5 Å². The minimum absolute atomic E-state index is 0. The van der Waals surface area contributed by atoms with Crippen molar-refractivity contribution in [3.05, 3.63) is 88.8 Å². The molecule has 1 heterocycles. The Balaban J connectivity index is 0.000000588. The molecule has 0 aliphatic carbocycles. The van der Waals surface area contributed by atoms with Crippen molar-refractivity contribution in [2.45, 2.75) is 59.7 Å². The third-order valence-corrected chi connectivity index (χ3v) is 6.06. The first-order valence-corrected chi connectivity index (χ1v) is 14.1. The number of benzene rings is 2. The summed E-state index contributed by atoms with van der Waals surface area (Å²) in [5, 5.41) is 13.3. The average Bonchev–Trinajstić information content (AvgIpc) is 2.90. The summed E-state index contributed by atoms with van der Waals surface area (Å²) in [6.07, 6.45) is 2.59. The Kier molecular flexibility index (Phi) is 17.8.